The number of benzene rings is 1. The summed E-state index contributed by atoms with van der Waals surface area (Å²) in [6.07, 6.45) is -0.916. The van der Waals surface area contributed by atoms with Crippen LogP contribution in [-0.2, 0) is 0 Å². The maximum atomic E-state index is 9.31. The van der Waals surface area contributed by atoms with Gasteiger partial charge < -0.3 is 10.2 Å². The molecular weight excluding hydrogens is 199 g/mol. The molecule has 12 heavy (non-hydrogen) atoms. The second-order valence-electron chi connectivity index (χ2n) is 2.34. The van der Waals surface area contributed by atoms with Crippen LogP contribution in [0.15, 0.2) is 18.2 Å². The van der Waals surface area contributed by atoms with Crippen molar-refractivity contribution in [3.05, 3.63) is 28.8 Å². The van der Waals surface area contributed by atoms with Crippen molar-refractivity contribution in [3.8, 4) is 5.75 Å². The maximum absolute atomic E-state index is 9.31. The SMILES string of the molecule is Oc1cccc(Cl)c1C(O)CCl. The molecular formula is C8H8Cl2O2. The summed E-state index contributed by atoms with van der Waals surface area (Å²) in [7, 11) is 0. The van der Waals surface area contributed by atoms with Crippen molar-refractivity contribution < 1.29 is 10.2 Å². The molecule has 4 heteroatoms. The molecule has 1 aromatic rings. The highest BCUT2D eigenvalue weighted by Gasteiger charge is 2.14. The van der Waals surface area contributed by atoms with Gasteiger partial charge in [-0.2, -0.15) is 0 Å². The van der Waals surface area contributed by atoms with E-state index in [9.17, 15) is 10.2 Å². The van der Waals surface area contributed by atoms with Gasteiger partial charge in [0.1, 0.15) is 5.75 Å². The van der Waals surface area contributed by atoms with Gasteiger partial charge in [0.15, 0.2) is 0 Å². The first-order chi connectivity index (χ1) is 5.66. The Balaban J connectivity index is 3.12. The smallest absolute Gasteiger partial charge is 0.122 e. The first-order valence-electron chi connectivity index (χ1n) is 3.38. The zero-order valence-electron chi connectivity index (χ0n) is 6.17. The molecule has 1 atom stereocenters. The highest BCUT2D eigenvalue weighted by molar-refractivity contribution is 6.31. The highest BCUT2D eigenvalue weighted by atomic mass is 35.5. The zero-order valence-corrected chi connectivity index (χ0v) is 7.68. The predicted octanol–water partition coefficient (Wildman–Crippen LogP) is 2.32. The van der Waals surface area contributed by atoms with Gasteiger partial charge in [0.25, 0.3) is 0 Å². The van der Waals surface area contributed by atoms with E-state index in [4.69, 9.17) is 23.2 Å². The third-order valence-electron chi connectivity index (χ3n) is 1.51. The van der Waals surface area contributed by atoms with E-state index in [0.717, 1.165) is 0 Å². The normalized spacial score (nSPS) is 12.9. The molecule has 0 saturated carbocycles. The van der Waals surface area contributed by atoms with Gasteiger partial charge in [0, 0.05) is 5.56 Å². The number of aromatic hydroxyl groups is 1. The molecule has 0 spiro atoms. The summed E-state index contributed by atoms with van der Waals surface area (Å²) >= 11 is 11.1. The summed E-state index contributed by atoms with van der Waals surface area (Å²) < 4.78 is 0. The van der Waals surface area contributed by atoms with Crippen molar-refractivity contribution in [3.63, 3.8) is 0 Å². The van der Waals surface area contributed by atoms with Crippen LogP contribution in [0.3, 0.4) is 0 Å². The van der Waals surface area contributed by atoms with Gasteiger partial charge >= 0.3 is 0 Å². The Morgan fingerprint density at radius 2 is 2.08 bits per heavy atom. The number of halogens is 2. The Labute approximate surface area is 80.4 Å². The fourth-order valence-electron chi connectivity index (χ4n) is 0.933. The molecule has 0 aliphatic carbocycles. The molecule has 2 nitrogen and oxygen atoms in total. The third kappa shape index (κ3) is 1.83. The molecule has 1 rings (SSSR count). The van der Waals surface area contributed by atoms with E-state index in [1.54, 1.807) is 12.1 Å². The molecule has 0 radical (unpaired) electrons. The van der Waals surface area contributed by atoms with E-state index in [2.05, 4.69) is 0 Å². The molecule has 0 aliphatic heterocycles. The summed E-state index contributed by atoms with van der Waals surface area (Å²) in [6.45, 7) is 0. The Hall–Kier alpha value is -0.440. The topological polar surface area (TPSA) is 40.5 Å². The number of hydrogen-bond acceptors (Lipinski definition) is 2. The summed E-state index contributed by atoms with van der Waals surface area (Å²) in [5, 5.41) is 18.9. The fraction of sp³-hybridized carbons (Fsp3) is 0.250. The summed E-state index contributed by atoms with van der Waals surface area (Å²) in [5.41, 5.74) is 0.286. The van der Waals surface area contributed by atoms with Gasteiger partial charge in [-0.1, -0.05) is 17.7 Å². The van der Waals surface area contributed by atoms with Crippen molar-refractivity contribution in [1.82, 2.24) is 0 Å². The lowest BCUT2D eigenvalue weighted by Crippen LogP contribution is -1.99. The second-order valence-corrected chi connectivity index (χ2v) is 3.06. The lowest BCUT2D eigenvalue weighted by molar-refractivity contribution is 0.198. The van der Waals surface area contributed by atoms with Gasteiger partial charge in [-0.3, -0.25) is 0 Å². The van der Waals surface area contributed by atoms with E-state index in [1.807, 2.05) is 0 Å². The molecule has 0 amide bonds. The van der Waals surface area contributed by atoms with Crippen LogP contribution in [0.5, 0.6) is 5.75 Å². The lowest BCUT2D eigenvalue weighted by Gasteiger charge is -2.10. The second kappa shape index (κ2) is 3.99. The van der Waals surface area contributed by atoms with Crippen LogP contribution < -0.4 is 0 Å². The van der Waals surface area contributed by atoms with E-state index >= 15 is 0 Å². The summed E-state index contributed by atoms with van der Waals surface area (Å²) in [5.74, 6) is -0.0206. The molecule has 0 aromatic heterocycles. The molecule has 66 valence electrons. The lowest BCUT2D eigenvalue weighted by atomic mass is 10.1. The van der Waals surface area contributed by atoms with Crippen LogP contribution in [0, 0.1) is 0 Å². The molecule has 0 fully saturated rings. The Morgan fingerprint density at radius 1 is 1.42 bits per heavy atom. The molecule has 0 heterocycles. The number of aliphatic hydroxyl groups excluding tert-OH is 1. The Kier molecular flexibility index (Phi) is 3.20. The first kappa shape index (κ1) is 9.65. The molecule has 0 bridgehead atoms. The average Bonchev–Trinajstić information content (AvgIpc) is 2.03. The van der Waals surface area contributed by atoms with E-state index in [-0.39, 0.29) is 17.2 Å². The zero-order chi connectivity index (χ0) is 9.14. The van der Waals surface area contributed by atoms with Crippen LogP contribution in [-0.4, -0.2) is 16.1 Å². The Morgan fingerprint density at radius 3 is 2.58 bits per heavy atom. The quantitative estimate of drug-likeness (QED) is 0.730. The molecule has 0 aliphatic rings. The Bertz CT molecular complexity index is 256. The molecule has 1 aromatic carbocycles. The minimum Gasteiger partial charge on any atom is -0.508 e. The highest BCUT2D eigenvalue weighted by Crippen LogP contribution is 2.31. The van der Waals surface area contributed by atoms with Gasteiger partial charge in [0.2, 0.25) is 0 Å². The number of hydrogen-bond donors (Lipinski definition) is 2. The molecule has 0 saturated heterocycles. The molecule has 1 unspecified atom stereocenters. The van der Waals surface area contributed by atoms with Crippen LogP contribution in [0.1, 0.15) is 11.7 Å². The van der Waals surface area contributed by atoms with Crippen molar-refractivity contribution >= 4 is 23.2 Å². The van der Waals surface area contributed by atoms with Crippen LogP contribution in [0.2, 0.25) is 5.02 Å². The van der Waals surface area contributed by atoms with Gasteiger partial charge in [-0.05, 0) is 12.1 Å². The third-order valence-corrected chi connectivity index (χ3v) is 2.13. The first-order valence-corrected chi connectivity index (χ1v) is 4.29. The number of phenolic OH excluding ortho intramolecular Hbond substituents is 1. The van der Waals surface area contributed by atoms with Gasteiger partial charge in [-0.15, -0.1) is 11.6 Å². The average molecular weight is 207 g/mol. The number of phenols is 1. The van der Waals surface area contributed by atoms with E-state index in [1.165, 1.54) is 6.07 Å². The van der Waals surface area contributed by atoms with E-state index in [0.29, 0.717) is 5.02 Å². The van der Waals surface area contributed by atoms with Crippen molar-refractivity contribution in [2.24, 2.45) is 0 Å². The number of alkyl halides is 1. The van der Waals surface area contributed by atoms with Crippen LogP contribution >= 0.6 is 23.2 Å². The number of rotatable bonds is 2. The minimum absolute atomic E-state index is 0.0112. The van der Waals surface area contributed by atoms with Gasteiger partial charge in [0.05, 0.1) is 17.0 Å². The van der Waals surface area contributed by atoms with Gasteiger partial charge in [-0.25, -0.2) is 0 Å². The van der Waals surface area contributed by atoms with Crippen molar-refractivity contribution in [2.45, 2.75) is 6.10 Å². The van der Waals surface area contributed by atoms with Crippen LogP contribution in [0.4, 0.5) is 0 Å². The summed E-state index contributed by atoms with van der Waals surface area (Å²) in [4.78, 5) is 0. The van der Waals surface area contributed by atoms with Crippen molar-refractivity contribution in [2.75, 3.05) is 5.88 Å². The van der Waals surface area contributed by atoms with Crippen molar-refractivity contribution in [1.29, 1.82) is 0 Å². The van der Waals surface area contributed by atoms with Crippen LogP contribution in [0.25, 0.3) is 0 Å². The predicted molar refractivity (Wildman–Crippen MR) is 48.8 cm³/mol. The maximum Gasteiger partial charge on any atom is 0.122 e. The monoisotopic (exact) mass is 206 g/mol. The molecule has 2 N–H and O–H groups in total. The summed E-state index contributed by atoms with van der Waals surface area (Å²) in [6, 6.07) is 4.64. The number of aliphatic hydroxyl groups is 1. The standard InChI is InChI=1S/C8H8Cl2O2/c9-4-7(12)8-5(10)2-1-3-6(8)11/h1-3,7,11-12H,4H2. The fourth-order valence-corrected chi connectivity index (χ4v) is 1.38. The van der Waals surface area contributed by atoms with E-state index < -0.39 is 6.10 Å². The largest absolute Gasteiger partial charge is 0.508 e. The minimum atomic E-state index is -0.916.